The third kappa shape index (κ3) is 20.4. The van der Waals surface area contributed by atoms with Gasteiger partial charge in [0.15, 0.2) is 0 Å². The van der Waals surface area contributed by atoms with Gasteiger partial charge in [-0.25, -0.2) is 0 Å². The normalized spacial score (nSPS) is 12.9. The lowest BCUT2D eigenvalue weighted by Gasteiger charge is -2.31. The highest BCUT2D eigenvalue weighted by atomic mass is 33.1. The van der Waals surface area contributed by atoms with Crippen LogP contribution in [0.15, 0.2) is 30.3 Å². The number of benzene rings is 1. The number of rotatable bonds is 22. The average molecular weight is 634 g/mol. The van der Waals surface area contributed by atoms with E-state index < -0.39 is 6.10 Å². The maximum Gasteiger partial charge on any atom is 0.307 e. The fourth-order valence-electron chi connectivity index (χ4n) is 4.29. The topological polar surface area (TPSA) is 76.1 Å². The Balaban J connectivity index is 2.41. The zero-order valence-corrected chi connectivity index (χ0v) is 28.6. The second-order valence-corrected chi connectivity index (χ2v) is 17.1. The van der Waals surface area contributed by atoms with E-state index in [-0.39, 0.29) is 30.2 Å². The van der Waals surface area contributed by atoms with E-state index in [0.717, 1.165) is 41.4 Å². The molecule has 0 saturated carbocycles. The first-order valence-electron chi connectivity index (χ1n) is 14.2. The summed E-state index contributed by atoms with van der Waals surface area (Å²) in [6.45, 7) is 15.5. The summed E-state index contributed by atoms with van der Waals surface area (Å²) in [6, 6.07) is 9.42. The first kappa shape index (κ1) is 37.5. The largest absolute Gasteiger partial charge is 0.465 e. The van der Waals surface area contributed by atoms with Crippen molar-refractivity contribution in [3.63, 3.8) is 0 Å². The molecule has 0 bridgehead atoms. The molecule has 0 fully saturated rings. The van der Waals surface area contributed by atoms with Crippen LogP contribution in [0.4, 0.5) is 0 Å². The summed E-state index contributed by atoms with van der Waals surface area (Å²) < 4.78 is 10.8. The van der Waals surface area contributed by atoms with Crippen molar-refractivity contribution in [2.45, 2.75) is 73.3 Å². The van der Waals surface area contributed by atoms with Gasteiger partial charge >= 0.3 is 11.9 Å². The minimum atomic E-state index is -0.712. The van der Waals surface area contributed by atoms with Crippen molar-refractivity contribution >= 4 is 55.1 Å². The Morgan fingerprint density at radius 2 is 1.38 bits per heavy atom. The summed E-state index contributed by atoms with van der Waals surface area (Å²) >= 11 is 0. The Hall–Kier alpha value is -0.520. The van der Waals surface area contributed by atoms with Gasteiger partial charge in [0, 0.05) is 42.6 Å². The fraction of sp³-hybridized carbons (Fsp3) is 0.733. The summed E-state index contributed by atoms with van der Waals surface area (Å²) in [5, 5.41) is 10.7. The third-order valence-electron chi connectivity index (χ3n) is 5.65. The molecule has 40 heavy (non-hydrogen) atoms. The fourth-order valence-corrected chi connectivity index (χ4v) is 8.79. The first-order valence-corrected chi connectivity index (χ1v) is 19.1. The Kier molecular flexibility index (Phi) is 19.9. The van der Waals surface area contributed by atoms with Crippen LogP contribution >= 0.6 is 43.2 Å². The van der Waals surface area contributed by atoms with Crippen LogP contribution < -0.4 is 0 Å². The van der Waals surface area contributed by atoms with Crippen molar-refractivity contribution in [1.29, 1.82) is 0 Å². The van der Waals surface area contributed by atoms with Crippen molar-refractivity contribution in [2.75, 3.05) is 55.9 Å². The van der Waals surface area contributed by atoms with Gasteiger partial charge in [0.05, 0.1) is 18.9 Å². The molecule has 0 aliphatic rings. The standard InChI is InChI=1S/C30H51NO5S4/c1-7-19-37-38-20-17-35-27(33)13-15-31(22-26(32)25-11-9-8-10-12-25)16-14-28(34)36-18-21-39-40-24-30(5,6)23-29(2,3)4/h8-12,26,32H,7,13-24H2,1-6H3. The van der Waals surface area contributed by atoms with Crippen LogP contribution in [-0.4, -0.2) is 77.8 Å². The Morgan fingerprint density at radius 1 is 0.850 bits per heavy atom. The van der Waals surface area contributed by atoms with E-state index in [0.29, 0.717) is 38.3 Å². The monoisotopic (exact) mass is 633 g/mol. The highest BCUT2D eigenvalue weighted by Gasteiger charge is 2.25. The van der Waals surface area contributed by atoms with E-state index >= 15 is 0 Å². The molecule has 1 rings (SSSR count). The number of ether oxygens (including phenoxy) is 2. The predicted octanol–water partition coefficient (Wildman–Crippen LogP) is 7.52. The summed E-state index contributed by atoms with van der Waals surface area (Å²) in [5.41, 5.74) is 1.38. The van der Waals surface area contributed by atoms with Gasteiger partial charge < -0.3 is 14.6 Å². The molecule has 1 N–H and O–H groups in total. The number of aliphatic hydroxyl groups is 1. The lowest BCUT2D eigenvalue weighted by molar-refractivity contribution is -0.143. The summed E-state index contributed by atoms with van der Waals surface area (Å²) in [7, 11) is 7.09. The van der Waals surface area contributed by atoms with Gasteiger partial charge in [-0.05, 0) is 29.2 Å². The number of esters is 2. The van der Waals surface area contributed by atoms with E-state index in [1.165, 1.54) is 0 Å². The second-order valence-electron chi connectivity index (χ2n) is 11.8. The van der Waals surface area contributed by atoms with Gasteiger partial charge in [-0.15, -0.1) is 0 Å². The summed E-state index contributed by atoms with van der Waals surface area (Å²) in [4.78, 5) is 26.6. The quantitative estimate of drug-likeness (QED) is 0.0787. The van der Waals surface area contributed by atoms with Crippen molar-refractivity contribution < 1.29 is 24.2 Å². The number of hydrogen-bond acceptors (Lipinski definition) is 10. The Labute approximate surface area is 259 Å². The van der Waals surface area contributed by atoms with Crippen molar-refractivity contribution in [2.24, 2.45) is 10.8 Å². The lowest BCUT2D eigenvalue weighted by atomic mass is 9.77. The number of nitrogens with zero attached hydrogens (tertiary/aromatic N) is 1. The predicted molar refractivity (Wildman–Crippen MR) is 177 cm³/mol. The van der Waals surface area contributed by atoms with Crippen molar-refractivity contribution in [3.8, 4) is 0 Å². The highest BCUT2D eigenvalue weighted by Crippen LogP contribution is 2.38. The zero-order chi connectivity index (χ0) is 29.9. The maximum atomic E-state index is 12.4. The molecule has 0 saturated heterocycles. The van der Waals surface area contributed by atoms with Crippen LogP contribution in [0, 0.1) is 10.8 Å². The molecule has 1 unspecified atom stereocenters. The van der Waals surface area contributed by atoms with Gasteiger partial charge in [0.25, 0.3) is 0 Å². The average Bonchev–Trinajstić information content (AvgIpc) is 2.88. The van der Waals surface area contributed by atoms with Gasteiger partial charge in [-0.1, -0.05) is 115 Å². The first-order chi connectivity index (χ1) is 18.9. The van der Waals surface area contributed by atoms with E-state index in [1.54, 1.807) is 32.4 Å². The molecular formula is C30H51NO5S4. The molecule has 0 aliphatic carbocycles. The van der Waals surface area contributed by atoms with E-state index in [2.05, 4.69) is 41.5 Å². The Bertz CT molecular complexity index is 820. The molecule has 6 nitrogen and oxygen atoms in total. The van der Waals surface area contributed by atoms with Crippen LogP contribution in [0.2, 0.25) is 0 Å². The molecule has 0 spiro atoms. The zero-order valence-electron chi connectivity index (χ0n) is 25.3. The minimum absolute atomic E-state index is 0.207. The molecule has 0 amide bonds. The molecule has 0 heterocycles. The Morgan fingerprint density at radius 3 is 1.90 bits per heavy atom. The number of carbonyl (C=O) groups excluding carboxylic acids is 2. The molecule has 1 atom stereocenters. The van der Waals surface area contributed by atoms with Crippen LogP contribution in [0.3, 0.4) is 0 Å². The number of carbonyl (C=O) groups is 2. The van der Waals surface area contributed by atoms with E-state index in [1.807, 2.05) is 46.0 Å². The maximum absolute atomic E-state index is 12.4. The van der Waals surface area contributed by atoms with Gasteiger partial charge in [-0.2, -0.15) is 0 Å². The molecule has 1 aromatic rings. The second kappa shape index (κ2) is 21.2. The van der Waals surface area contributed by atoms with E-state index in [4.69, 9.17) is 9.47 Å². The van der Waals surface area contributed by atoms with Gasteiger partial charge in [0.2, 0.25) is 0 Å². The molecule has 0 aromatic heterocycles. The molecule has 230 valence electrons. The molecular weight excluding hydrogens is 583 g/mol. The minimum Gasteiger partial charge on any atom is -0.465 e. The SMILES string of the molecule is CCCSSCCOC(=O)CCN(CCC(=O)OCCSSCC(C)(C)CC(C)(C)C)CC(O)c1ccccc1. The molecule has 10 heteroatoms. The van der Waals surface area contributed by atoms with Crippen molar-refractivity contribution in [3.05, 3.63) is 35.9 Å². The van der Waals surface area contributed by atoms with Crippen LogP contribution in [-0.2, 0) is 19.1 Å². The summed E-state index contributed by atoms with van der Waals surface area (Å²) in [5.74, 6) is 3.14. The highest BCUT2D eigenvalue weighted by molar-refractivity contribution is 8.77. The summed E-state index contributed by atoms with van der Waals surface area (Å²) in [6.07, 6.45) is 1.99. The van der Waals surface area contributed by atoms with Crippen LogP contribution in [0.1, 0.15) is 78.9 Å². The van der Waals surface area contributed by atoms with Gasteiger partial charge in [0.1, 0.15) is 13.2 Å². The van der Waals surface area contributed by atoms with Gasteiger partial charge in [-0.3, -0.25) is 14.5 Å². The van der Waals surface area contributed by atoms with E-state index in [9.17, 15) is 14.7 Å². The number of hydrogen-bond donors (Lipinski definition) is 1. The third-order valence-corrected chi connectivity index (χ3v) is 11.0. The molecule has 0 aliphatic heterocycles. The number of aliphatic hydroxyl groups excluding tert-OH is 1. The molecule has 1 aromatic carbocycles. The smallest absolute Gasteiger partial charge is 0.307 e. The lowest BCUT2D eigenvalue weighted by Crippen LogP contribution is -2.33. The van der Waals surface area contributed by atoms with Crippen LogP contribution in [0.5, 0.6) is 0 Å². The molecule has 0 radical (unpaired) electrons. The van der Waals surface area contributed by atoms with Crippen molar-refractivity contribution in [1.82, 2.24) is 4.90 Å². The van der Waals surface area contributed by atoms with Crippen LogP contribution in [0.25, 0.3) is 0 Å².